The minimum absolute atomic E-state index is 0.0284. The van der Waals surface area contributed by atoms with Gasteiger partial charge in [0, 0.05) is 18.7 Å². The number of likely N-dealkylation sites (tertiary alicyclic amines) is 1. The van der Waals surface area contributed by atoms with Gasteiger partial charge in [0.05, 0.1) is 12.2 Å². The van der Waals surface area contributed by atoms with E-state index in [1.165, 1.54) is 0 Å². The molecular weight excluding hydrogens is 408 g/mol. The molecule has 32 heavy (non-hydrogen) atoms. The average Bonchev–Trinajstić information content (AvgIpc) is 3.60. The van der Waals surface area contributed by atoms with E-state index in [0.717, 1.165) is 12.0 Å². The van der Waals surface area contributed by atoms with E-state index in [-0.39, 0.29) is 11.9 Å². The maximum absolute atomic E-state index is 12.8. The number of hydrogen-bond donors (Lipinski definition) is 0. The number of ether oxygens (including phenoxy) is 1. The third kappa shape index (κ3) is 4.09. The molecule has 5 rings (SSSR count). The van der Waals surface area contributed by atoms with Crippen LogP contribution in [0.2, 0.25) is 0 Å². The fourth-order valence-corrected chi connectivity index (χ4v) is 3.75. The van der Waals surface area contributed by atoms with E-state index in [1.54, 1.807) is 22.7 Å². The number of amides is 1. The first kappa shape index (κ1) is 19.9. The predicted octanol–water partition coefficient (Wildman–Crippen LogP) is 3.24. The second-order valence-electron chi connectivity index (χ2n) is 7.67. The lowest BCUT2D eigenvalue weighted by molar-refractivity contribution is -0.136. The van der Waals surface area contributed by atoms with Gasteiger partial charge in [-0.15, -0.1) is 5.10 Å². The van der Waals surface area contributed by atoms with Crippen LogP contribution in [0.15, 0.2) is 71.4 Å². The molecule has 2 atom stereocenters. The predicted molar refractivity (Wildman–Crippen MR) is 116 cm³/mol. The van der Waals surface area contributed by atoms with Crippen LogP contribution in [-0.4, -0.2) is 55.1 Å². The van der Waals surface area contributed by atoms with Crippen LogP contribution in [0.25, 0.3) is 23.0 Å². The first-order chi connectivity index (χ1) is 15.7. The van der Waals surface area contributed by atoms with Gasteiger partial charge in [-0.25, -0.2) is 4.68 Å². The van der Waals surface area contributed by atoms with Crippen molar-refractivity contribution in [1.29, 1.82) is 0 Å². The van der Waals surface area contributed by atoms with E-state index < -0.39 is 6.10 Å². The molecule has 2 aromatic heterocycles. The van der Waals surface area contributed by atoms with Crippen LogP contribution in [0.3, 0.4) is 0 Å². The molecule has 1 aliphatic heterocycles. The van der Waals surface area contributed by atoms with Crippen LogP contribution in [0.1, 0.15) is 19.4 Å². The van der Waals surface area contributed by atoms with Crippen molar-refractivity contribution in [2.45, 2.75) is 25.5 Å². The lowest BCUT2D eigenvalue weighted by Crippen LogP contribution is -2.39. The molecular formula is C23H22N6O3. The molecule has 0 radical (unpaired) electrons. The lowest BCUT2D eigenvalue weighted by Gasteiger charge is -2.21. The van der Waals surface area contributed by atoms with Crippen molar-refractivity contribution in [2.24, 2.45) is 0 Å². The number of rotatable bonds is 6. The zero-order valence-corrected chi connectivity index (χ0v) is 17.5. The number of hydrogen-bond acceptors (Lipinski definition) is 7. The van der Waals surface area contributed by atoms with E-state index in [1.807, 2.05) is 60.7 Å². The monoisotopic (exact) mass is 430 g/mol. The number of nitrogens with zero attached hydrogens (tertiary/aromatic N) is 6. The normalized spacial score (nSPS) is 16.8. The summed E-state index contributed by atoms with van der Waals surface area (Å²) in [7, 11) is 0. The Morgan fingerprint density at radius 2 is 1.88 bits per heavy atom. The summed E-state index contributed by atoms with van der Waals surface area (Å²) in [6.07, 6.45) is 2.01. The summed E-state index contributed by atoms with van der Waals surface area (Å²) in [6, 6.07) is 19.0. The Kier molecular flexibility index (Phi) is 5.37. The summed E-state index contributed by atoms with van der Waals surface area (Å²) in [6.45, 7) is 2.96. The molecule has 1 saturated heterocycles. The Hall–Kier alpha value is -4.01. The number of para-hydroxylation sites is 1. The van der Waals surface area contributed by atoms with E-state index in [2.05, 4.69) is 20.5 Å². The van der Waals surface area contributed by atoms with Gasteiger partial charge >= 0.3 is 0 Å². The van der Waals surface area contributed by atoms with Crippen LogP contribution < -0.4 is 4.74 Å². The molecule has 9 nitrogen and oxygen atoms in total. The van der Waals surface area contributed by atoms with Gasteiger partial charge in [0.2, 0.25) is 5.82 Å². The van der Waals surface area contributed by atoms with Crippen LogP contribution in [0, 0.1) is 0 Å². The summed E-state index contributed by atoms with van der Waals surface area (Å²) >= 11 is 0. The molecule has 0 bridgehead atoms. The maximum Gasteiger partial charge on any atom is 0.280 e. The Morgan fingerprint density at radius 3 is 2.66 bits per heavy atom. The van der Waals surface area contributed by atoms with E-state index >= 15 is 0 Å². The van der Waals surface area contributed by atoms with Crippen molar-refractivity contribution in [2.75, 3.05) is 13.1 Å². The molecule has 0 saturated carbocycles. The van der Waals surface area contributed by atoms with Gasteiger partial charge < -0.3 is 14.2 Å². The van der Waals surface area contributed by atoms with Crippen molar-refractivity contribution in [3.8, 4) is 28.7 Å². The molecule has 3 heterocycles. The Labute approximate surface area is 184 Å². The smallest absolute Gasteiger partial charge is 0.280 e. The first-order valence-electron chi connectivity index (χ1n) is 10.5. The first-order valence-corrected chi connectivity index (χ1v) is 10.5. The molecule has 2 aromatic carbocycles. The van der Waals surface area contributed by atoms with E-state index in [0.29, 0.717) is 36.2 Å². The summed E-state index contributed by atoms with van der Waals surface area (Å²) in [5, 5.41) is 12.4. The van der Waals surface area contributed by atoms with Crippen LogP contribution in [0.4, 0.5) is 0 Å². The van der Waals surface area contributed by atoms with Crippen molar-refractivity contribution in [3.05, 3.63) is 66.9 Å². The molecule has 1 fully saturated rings. The number of carbonyl (C=O) groups is 1. The van der Waals surface area contributed by atoms with Gasteiger partial charge in [0.25, 0.3) is 11.8 Å². The van der Waals surface area contributed by atoms with Crippen LogP contribution >= 0.6 is 0 Å². The largest absolute Gasteiger partial charge is 0.481 e. The minimum Gasteiger partial charge on any atom is -0.481 e. The molecule has 9 heteroatoms. The van der Waals surface area contributed by atoms with Crippen LogP contribution in [-0.2, 0) is 4.79 Å². The molecule has 0 N–H and O–H groups in total. The summed E-state index contributed by atoms with van der Waals surface area (Å²) < 4.78 is 12.9. The highest BCUT2D eigenvalue weighted by atomic mass is 16.5. The zero-order valence-electron chi connectivity index (χ0n) is 17.5. The molecule has 0 spiro atoms. The number of benzene rings is 2. The lowest BCUT2D eigenvalue weighted by atomic mass is 10.2. The highest BCUT2D eigenvalue weighted by Crippen LogP contribution is 2.25. The van der Waals surface area contributed by atoms with Gasteiger partial charge in [0.15, 0.2) is 11.8 Å². The van der Waals surface area contributed by atoms with Gasteiger partial charge in [-0.2, -0.15) is 4.98 Å². The van der Waals surface area contributed by atoms with Gasteiger partial charge in [0.1, 0.15) is 5.75 Å². The SMILES string of the molecule is C[C@H](Oc1ccccc1)C(=O)N1CC[C@@H](n2cc(-c3nc(-c4ccccc4)no3)nn2)C1. The molecule has 1 amide bonds. The maximum atomic E-state index is 12.8. The van der Waals surface area contributed by atoms with Crippen LogP contribution in [0.5, 0.6) is 5.75 Å². The van der Waals surface area contributed by atoms with Crippen molar-refractivity contribution >= 4 is 5.91 Å². The topological polar surface area (TPSA) is 99.2 Å². The Morgan fingerprint density at radius 1 is 1.12 bits per heavy atom. The van der Waals surface area contributed by atoms with Crippen molar-refractivity contribution in [3.63, 3.8) is 0 Å². The molecule has 1 aliphatic rings. The summed E-state index contributed by atoms with van der Waals surface area (Å²) in [4.78, 5) is 19.0. The third-order valence-electron chi connectivity index (χ3n) is 5.44. The fourth-order valence-electron chi connectivity index (χ4n) is 3.75. The minimum atomic E-state index is -0.558. The van der Waals surface area contributed by atoms with Gasteiger partial charge in [-0.1, -0.05) is 58.9 Å². The molecule has 162 valence electrons. The Bertz CT molecular complexity index is 1190. The summed E-state index contributed by atoms with van der Waals surface area (Å²) in [5.41, 5.74) is 1.37. The van der Waals surface area contributed by atoms with E-state index in [4.69, 9.17) is 9.26 Å². The number of carbonyl (C=O) groups excluding carboxylic acids is 1. The molecule has 4 aromatic rings. The fraction of sp³-hybridized carbons (Fsp3) is 0.261. The quantitative estimate of drug-likeness (QED) is 0.463. The van der Waals surface area contributed by atoms with Crippen molar-refractivity contribution in [1.82, 2.24) is 30.0 Å². The second-order valence-corrected chi connectivity index (χ2v) is 7.67. The average molecular weight is 430 g/mol. The van der Waals surface area contributed by atoms with E-state index in [9.17, 15) is 4.79 Å². The second kappa shape index (κ2) is 8.62. The summed E-state index contributed by atoms with van der Waals surface area (Å²) in [5.74, 6) is 1.45. The highest BCUT2D eigenvalue weighted by molar-refractivity contribution is 5.81. The molecule has 0 unspecified atom stereocenters. The third-order valence-corrected chi connectivity index (χ3v) is 5.44. The highest BCUT2D eigenvalue weighted by Gasteiger charge is 2.31. The standard InChI is InChI=1S/C23H22N6O3/c1-16(31-19-10-6-3-7-11-19)23(30)28-13-12-18(14-28)29-15-20(25-27-29)22-24-21(26-32-22)17-8-4-2-5-9-17/h2-11,15-16,18H,12-14H2,1H3/t16-,18+/m0/s1. The van der Waals surface area contributed by atoms with Gasteiger partial charge in [-0.3, -0.25) is 4.79 Å². The number of aromatic nitrogens is 5. The zero-order chi connectivity index (χ0) is 21.9. The van der Waals surface area contributed by atoms with Gasteiger partial charge in [-0.05, 0) is 25.5 Å². The Balaban J connectivity index is 1.23. The molecule has 0 aliphatic carbocycles. The van der Waals surface area contributed by atoms with Crippen molar-refractivity contribution < 1.29 is 14.1 Å².